The molecule has 0 atom stereocenters. The van der Waals surface area contributed by atoms with Crippen molar-refractivity contribution >= 4 is 52.1 Å². The zero-order chi connectivity index (χ0) is 16.4. The summed E-state index contributed by atoms with van der Waals surface area (Å²) in [7, 11) is 0. The number of hydrogen-bond donors (Lipinski definition) is 1. The standard InChI is InChI=1S/C13H6Cl3FN2O3/c14-8-2-1-6(3-10(8)16)18-13(20)7-4-12(19(21)22)11(17)5-9(7)15/h1-5H,(H,18,20). The second-order valence-corrected chi connectivity index (χ2v) is 5.35. The summed E-state index contributed by atoms with van der Waals surface area (Å²) in [5.74, 6) is -1.87. The fourth-order valence-electron chi connectivity index (χ4n) is 1.62. The number of nitro groups is 1. The van der Waals surface area contributed by atoms with E-state index >= 15 is 0 Å². The highest BCUT2D eigenvalue weighted by Crippen LogP contribution is 2.28. The summed E-state index contributed by atoms with van der Waals surface area (Å²) in [6, 6.07) is 5.83. The number of nitro benzene ring substituents is 1. The number of benzene rings is 2. The van der Waals surface area contributed by atoms with Crippen molar-refractivity contribution in [2.75, 3.05) is 5.32 Å². The topological polar surface area (TPSA) is 72.2 Å². The van der Waals surface area contributed by atoms with Crippen LogP contribution >= 0.6 is 34.8 Å². The Labute approximate surface area is 138 Å². The van der Waals surface area contributed by atoms with Gasteiger partial charge in [-0.15, -0.1) is 0 Å². The summed E-state index contributed by atoms with van der Waals surface area (Å²) >= 11 is 17.3. The maximum absolute atomic E-state index is 13.4. The molecular formula is C13H6Cl3FN2O3. The van der Waals surface area contributed by atoms with E-state index in [0.717, 1.165) is 6.07 Å². The second-order valence-electron chi connectivity index (χ2n) is 4.12. The van der Waals surface area contributed by atoms with Crippen molar-refractivity contribution < 1.29 is 14.1 Å². The van der Waals surface area contributed by atoms with Crippen LogP contribution in [0.5, 0.6) is 0 Å². The summed E-state index contributed by atoms with van der Waals surface area (Å²) in [4.78, 5) is 21.9. The lowest BCUT2D eigenvalue weighted by atomic mass is 10.1. The van der Waals surface area contributed by atoms with E-state index in [1.54, 1.807) is 0 Å². The van der Waals surface area contributed by atoms with E-state index < -0.39 is 22.3 Å². The maximum Gasteiger partial charge on any atom is 0.305 e. The smallest absolute Gasteiger partial charge is 0.305 e. The molecular weight excluding hydrogens is 358 g/mol. The Morgan fingerprint density at radius 1 is 1.09 bits per heavy atom. The number of rotatable bonds is 3. The molecule has 5 nitrogen and oxygen atoms in total. The van der Waals surface area contributed by atoms with E-state index in [2.05, 4.69) is 5.32 Å². The Kier molecular flexibility index (Phi) is 4.85. The van der Waals surface area contributed by atoms with Gasteiger partial charge in [0.2, 0.25) is 5.82 Å². The van der Waals surface area contributed by atoms with Gasteiger partial charge in [-0.25, -0.2) is 0 Å². The average molecular weight is 364 g/mol. The van der Waals surface area contributed by atoms with Gasteiger partial charge in [0.15, 0.2) is 0 Å². The van der Waals surface area contributed by atoms with Crippen LogP contribution in [0.2, 0.25) is 15.1 Å². The minimum Gasteiger partial charge on any atom is -0.322 e. The molecule has 0 radical (unpaired) electrons. The molecule has 0 aliphatic rings. The molecule has 0 aromatic heterocycles. The fraction of sp³-hybridized carbons (Fsp3) is 0. The normalized spacial score (nSPS) is 10.4. The van der Waals surface area contributed by atoms with E-state index in [9.17, 15) is 19.3 Å². The van der Waals surface area contributed by atoms with Crippen molar-refractivity contribution in [2.45, 2.75) is 0 Å². The van der Waals surface area contributed by atoms with Crippen molar-refractivity contribution in [1.29, 1.82) is 0 Å². The predicted octanol–water partition coefficient (Wildman–Crippen LogP) is 4.95. The maximum atomic E-state index is 13.4. The largest absolute Gasteiger partial charge is 0.322 e. The average Bonchev–Trinajstić information content (AvgIpc) is 2.42. The van der Waals surface area contributed by atoms with Gasteiger partial charge in [0, 0.05) is 17.8 Å². The van der Waals surface area contributed by atoms with Crippen LogP contribution in [0.3, 0.4) is 0 Å². The lowest BCUT2D eigenvalue weighted by molar-refractivity contribution is -0.387. The Balaban J connectivity index is 2.35. The third-order valence-corrected chi connectivity index (χ3v) is 3.71. The number of anilines is 1. The first-order valence-electron chi connectivity index (χ1n) is 5.69. The van der Waals surface area contributed by atoms with Gasteiger partial charge in [-0.1, -0.05) is 34.8 Å². The molecule has 1 N–H and O–H groups in total. The molecule has 0 spiro atoms. The third kappa shape index (κ3) is 3.47. The van der Waals surface area contributed by atoms with Crippen LogP contribution in [-0.4, -0.2) is 10.8 Å². The molecule has 2 aromatic carbocycles. The van der Waals surface area contributed by atoms with Gasteiger partial charge in [-0.3, -0.25) is 14.9 Å². The number of hydrogen-bond acceptors (Lipinski definition) is 3. The minimum atomic E-state index is -1.12. The highest BCUT2D eigenvalue weighted by Gasteiger charge is 2.21. The van der Waals surface area contributed by atoms with E-state index in [1.165, 1.54) is 18.2 Å². The lowest BCUT2D eigenvalue weighted by Crippen LogP contribution is -2.13. The lowest BCUT2D eigenvalue weighted by Gasteiger charge is -2.08. The predicted molar refractivity (Wildman–Crippen MR) is 82.5 cm³/mol. The zero-order valence-electron chi connectivity index (χ0n) is 10.6. The van der Waals surface area contributed by atoms with E-state index in [0.29, 0.717) is 16.8 Å². The fourth-order valence-corrected chi connectivity index (χ4v) is 2.16. The summed E-state index contributed by atoms with van der Waals surface area (Å²) in [6.07, 6.45) is 0. The van der Waals surface area contributed by atoms with Crippen molar-refractivity contribution in [3.63, 3.8) is 0 Å². The van der Waals surface area contributed by atoms with E-state index in [1.807, 2.05) is 0 Å². The highest BCUT2D eigenvalue weighted by molar-refractivity contribution is 6.42. The first kappa shape index (κ1) is 16.5. The number of nitrogens with one attached hydrogen (secondary N) is 1. The van der Waals surface area contributed by atoms with Crippen LogP contribution in [0.1, 0.15) is 10.4 Å². The molecule has 2 aromatic rings. The molecule has 0 fully saturated rings. The molecule has 1 amide bonds. The van der Waals surface area contributed by atoms with Crippen LogP contribution in [-0.2, 0) is 0 Å². The van der Waals surface area contributed by atoms with Crippen LogP contribution < -0.4 is 5.32 Å². The quantitative estimate of drug-likeness (QED) is 0.619. The van der Waals surface area contributed by atoms with E-state index in [-0.39, 0.29) is 15.6 Å². The summed E-state index contributed by atoms with van der Waals surface area (Å²) < 4.78 is 13.4. The molecule has 2 rings (SSSR count). The first-order chi connectivity index (χ1) is 10.3. The summed E-state index contributed by atoms with van der Waals surface area (Å²) in [5.41, 5.74) is -0.771. The molecule has 22 heavy (non-hydrogen) atoms. The van der Waals surface area contributed by atoms with Crippen molar-refractivity contribution in [3.05, 3.63) is 66.9 Å². The Morgan fingerprint density at radius 3 is 2.36 bits per heavy atom. The second kappa shape index (κ2) is 6.48. The van der Waals surface area contributed by atoms with E-state index in [4.69, 9.17) is 34.8 Å². The Morgan fingerprint density at radius 2 is 1.77 bits per heavy atom. The molecule has 0 heterocycles. The van der Waals surface area contributed by atoms with Crippen molar-refractivity contribution in [1.82, 2.24) is 0 Å². The molecule has 0 aliphatic heterocycles. The van der Waals surface area contributed by atoms with Gasteiger partial charge >= 0.3 is 5.69 Å². The zero-order valence-corrected chi connectivity index (χ0v) is 12.8. The minimum absolute atomic E-state index is 0.218. The van der Waals surface area contributed by atoms with Gasteiger partial charge < -0.3 is 5.32 Å². The first-order valence-corrected chi connectivity index (χ1v) is 6.83. The highest BCUT2D eigenvalue weighted by atomic mass is 35.5. The van der Waals surface area contributed by atoms with Gasteiger partial charge in [-0.05, 0) is 18.2 Å². The molecule has 0 bridgehead atoms. The van der Waals surface area contributed by atoms with Crippen LogP contribution in [0.4, 0.5) is 15.8 Å². The molecule has 0 saturated carbocycles. The number of amides is 1. The van der Waals surface area contributed by atoms with Crippen LogP contribution in [0.15, 0.2) is 30.3 Å². The van der Waals surface area contributed by atoms with Gasteiger partial charge in [0.25, 0.3) is 5.91 Å². The van der Waals surface area contributed by atoms with Gasteiger partial charge in [-0.2, -0.15) is 4.39 Å². The molecule has 0 aliphatic carbocycles. The monoisotopic (exact) mass is 362 g/mol. The number of halogens is 4. The third-order valence-electron chi connectivity index (χ3n) is 2.66. The summed E-state index contributed by atoms with van der Waals surface area (Å²) in [5, 5.41) is 13.4. The van der Waals surface area contributed by atoms with Crippen LogP contribution in [0, 0.1) is 15.9 Å². The molecule has 0 unspecified atom stereocenters. The number of carbonyl (C=O) groups is 1. The van der Waals surface area contributed by atoms with Gasteiger partial charge in [0.05, 0.1) is 25.6 Å². The SMILES string of the molecule is O=C(Nc1ccc(Cl)c(Cl)c1)c1cc([N+](=O)[O-])c(F)cc1Cl. The van der Waals surface area contributed by atoms with Gasteiger partial charge in [0.1, 0.15) is 0 Å². The molecule has 114 valence electrons. The van der Waals surface area contributed by atoms with Crippen LogP contribution in [0.25, 0.3) is 0 Å². The summed E-state index contributed by atoms with van der Waals surface area (Å²) in [6.45, 7) is 0. The number of nitrogens with zero attached hydrogens (tertiary/aromatic N) is 1. The molecule has 0 saturated heterocycles. The molecule has 9 heteroatoms. The Hall–Kier alpha value is -1.89. The van der Waals surface area contributed by atoms with Crippen molar-refractivity contribution in [3.8, 4) is 0 Å². The van der Waals surface area contributed by atoms with Crippen molar-refractivity contribution in [2.24, 2.45) is 0 Å². The Bertz CT molecular complexity index is 783. The number of carbonyl (C=O) groups excluding carboxylic acids is 1.